The van der Waals surface area contributed by atoms with Crippen LogP contribution < -0.4 is 0 Å². The first-order valence-corrected chi connectivity index (χ1v) is 10.8. The average Bonchev–Trinajstić information content (AvgIpc) is 2.52. The molecule has 0 amide bonds. The fourth-order valence-electron chi connectivity index (χ4n) is 2.22. The van der Waals surface area contributed by atoms with Gasteiger partial charge in [-0.25, -0.2) is 0 Å². The molecule has 24 heavy (non-hydrogen) atoms. The van der Waals surface area contributed by atoms with Crippen molar-refractivity contribution in [2.75, 3.05) is 25.6 Å². The van der Waals surface area contributed by atoms with Crippen LogP contribution in [0.15, 0.2) is 0 Å². The van der Waals surface area contributed by atoms with E-state index >= 15 is 0 Å². The van der Waals surface area contributed by atoms with E-state index in [2.05, 4.69) is 19.0 Å². The second-order valence-corrected chi connectivity index (χ2v) is 7.53. The van der Waals surface area contributed by atoms with Crippen molar-refractivity contribution in [2.45, 2.75) is 77.6 Å². The number of hydrogen-bond acceptors (Lipinski definition) is 4. The van der Waals surface area contributed by atoms with Gasteiger partial charge in [0.15, 0.2) is 0 Å². The second kappa shape index (κ2) is 17.1. The maximum Gasteiger partial charge on any atom is 0.267 e. The summed E-state index contributed by atoms with van der Waals surface area (Å²) in [6, 6.07) is 0. The minimum Gasteiger partial charge on any atom is -0.444 e. The first-order valence-electron chi connectivity index (χ1n) is 9.19. The third-order valence-corrected chi connectivity index (χ3v) is 4.30. The van der Waals surface area contributed by atoms with E-state index in [1.807, 2.05) is 0 Å². The van der Waals surface area contributed by atoms with E-state index < -0.39 is 15.9 Å². The van der Waals surface area contributed by atoms with Crippen LogP contribution in [0.25, 0.3) is 0 Å². The van der Waals surface area contributed by atoms with Gasteiger partial charge in [-0.2, -0.15) is 8.42 Å². The molecule has 6 heteroatoms. The largest absolute Gasteiger partial charge is 0.444 e. The summed E-state index contributed by atoms with van der Waals surface area (Å²) >= 11 is 0. The van der Waals surface area contributed by atoms with Crippen molar-refractivity contribution in [2.24, 2.45) is 0 Å². The lowest BCUT2D eigenvalue weighted by Gasteiger charge is -2.01. The number of hydrogen-bond donors (Lipinski definition) is 1. The Bertz CT molecular complexity index is 422. The molecule has 1 N–H and O–H groups in total. The van der Waals surface area contributed by atoms with Gasteiger partial charge in [-0.3, -0.25) is 4.55 Å². The molecule has 0 fully saturated rings. The monoisotopic (exact) mass is 362 g/mol. The van der Waals surface area contributed by atoms with Gasteiger partial charge < -0.3 is 9.47 Å². The molecule has 0 aliphatic rings. The third-order valence-electron chi connectivity index (χ3n) is 3.62. The molecular weight excluding hydrogens is 328 g/mol. The van der Waals surface area contributed by atoms with E-state index in [1.54, 1.807) is 0 Å². The maximum absolute atomic E-state index is 10.4. The fraction of sp³-hybridized carbons (Fsp3) is 0.889. The zero-order chi connectivity index (χ0) is 17.9. The molecule has 0 saturated carbocycles. The normalized spacial score (nSPS) is 11.1. The SMILES string of the molecule is CCCCCCCCCCCCC#COCCOCCS(=O)(=O)O. The first kappa shape index (κ1) is 23.2. The molecule has 5 nitrogen and oxygen atoms in total. The highest BCUT2D eigenvalue weighted by molar-refractivity contribution is 7.85. The Labute approximate surface area is 148 Å². The van der Waals surface area contributed by atoms with E-state index in [9.17, 15) is 8.42 Å². The van der Waals surface area contributed by atoms with Crippen LogP contribution in [0.4, 0.5) is 0 Å². The molecule has 0 aromatic heterocycles. The summed E-state index contributed by atoms with van der Waals surface area (Å²) in [6.07, 6.45) is 16.6. The van der Waals surface area contributed by atoms with Crippen molar-refractivity contribution in [3.8, 4) is 12.0 Å². The summed E-state index contributed by atoms with van der Waals surface area (Å²) < 4.78 is 39.4. The van der Waals surface area contributed by atoms with Gasteiger partial charge in [-0.1, -0.05) is 70.6 Å². The Kier molecular flexibility index (Phi) is 16.5. The molecule has 0 aliphatic heterocycles. The van der Waals surface area contributed by atoms with E-state index in [1.165, 1.54) is 57.8 Å². The van der Waals surface area contributed by atoms with Gasteiger partial charge in [0.05, 0.1) is 19.0 Å². The van der Waals surface area contributed by atoms with Crippen molar-refractivity contribution in [3.05, 3.63) is 0 Å². The quantitative estimate of drug-likeness (QED) is 0.253. The Morgan fingerprint density at radius 2 is 1.42 bits per heavy atom. The van der Waals surface area contributed by atoms with Crippen LogP contribution >= 0.6 is 0 Å². The van der Waals surface area contributed by atoms with Gasteiger partial charge in [0, 0.05) is 6.42 Å². The van der Waals surface area contributed by atoms with Gasteiger partial charge in [0.2, 0.25) is 0 Å². The van der Waals surface area contributed by atoms with Crippen LogP contribution in [0.1, 0.15) is 77.6 Å². The van der Waals surface area contributed by atoms with Crippen LogP contribution in [0.2, 0.25) is 0 Å². The Balaban J connectivity index is 3.18. The molecule has 0 rings (SSSR count). The molecule has 0 radical (unpaired) electrons. The Hall–Kier alpha value is -0.770. The molecule has 0 saturated heterocycles. The number of unbranched alkanes of at least 4 members (excludes halogenated alkanes) is 10. The Morgan fingerprint density at radius 3 is 2.00 bits per heavy atom. The van der Waals surface area contributed by atoms with Crippen molar-refractivity contribution in [1.29, 1.82) is 0 Å². The van der Waals surface area contributed by atoms with Gasteiger partial charge in [-0.15, -0.1) is 0 Å². The van der Waals surface area contributed by atoms with Crippen LogP contribution in [0.3, 0.4) is 0 Å². The van der Waals surface area contributed by atoms with Gasteiger partial charge in [-0.05, 0) is 6.42 Å². The molecule has 0 unspecified atom stereocenters. The van der Waals surface area contributed by atoms with Gasteiger partial charge >= 0.3 is 0 Å². The van der Waals surface area contributed by atoms with Gasteiger partial charge in [0.1, 0.15) is 12.7 Å². The maximum atomic E-state index is 10.4. The van der Waals surface area contributed by atoms with Crippen LogP contribution in [-0.4, -0.2) is 38.5 Å². The van der Waals surface area contributed by atoms with Crippen molar-refractivity contribution in [3.63, 3.8) is 0 Å². The summed E-state index contributed by atoms with van der Waals surface area (Å²) in [4.78, 5) is 0. The highest BCUT2D eigenvalue weighted by Gasteiger charge is 2.02. The van der Waals surface area contributed by atoms with Crippen LogP contribution in [0.5, 0.6) is 0 Å². The third kappa shape index (κ3) is 21.2. The average molecular weight is 363 g/mol. The van der Waals surface area contributed by atoms with E-state index in [0.29, 0.717) is 6.61 Å². The smallest absolute Gasteiger partial charge is 0.267 e. The van der Waals surface area contributed by atoms with Crippen LogP contribution in [0, 0.1) is 12.0 Å². The molecule has 0 heterocycles. The van der Waals surface area contributed by atoms with E-state index in [-0.39, 0.29) is 13.2 Å². The van der Waals surface area contributed by atoms with E-state index in [4.69, 9.17) is 14.0 Å². The lowest BCUT2D eigenvalue weighted by atomic mass is 10.1. The molecule has 0 aromatic rings. The summed E-state index contributed by atoms with van der Waals surface area (Å²) in [5, 5.41) is 0. The first-order chi connectivity index (χ1) is 11.6. The predicted molar refractivity (Wildman–Crippen MR) is 97.4 cm³/mol. The minimum absolute atomic E-state index is 0.0335. The molecule has 0 bridgehead atoms. The standard InChI is InChI=1S/C18H34O5S/c1-2-3-4-5-6-7-8-9-10-11-12-13-14-22-15-16-23-17-18-24(19,20)21/h2-12,15-18H2,1H3,(H,19,20,21). The zero-order valence-electron chi connectivity index (χ0n) is 15.1. The predicted octanol–water partition coefficient (Wildman–Crippen LogP) is 4.18. The lowest BCUT2D eigenvalue weighted by Crippen LogP contribution is -2.12. The molecule has 0 atom stereocenters. The Morgan fingerprint density at radius 1 is 0.833 bits per heavy atom. The minimum atomic E-state index is -3.94. The molecule has 0 aromatic carbocycles. The number of rotatable bonds is 16. The number of ether oxygens (including phenoxy) is 2. The topological polar surface area (TPSA) is 72.8 Å². The van der Waals surface area contributed by atoms with Gasteiger partial charge in [0.25, 0.3) is 10.1 Å². The second-order valence-electron chi connectivity index (χ2n) is 5.96. The molecular formula is C18H34O5S. The van der Waals surface area contributed by atoms with Crippen molar-refractivity contribution >= 4 is 10.1 Å². The van der Waals surface area contributed by atoms with Crippen molar-refractivity contribution in [1.82, 2.24) is 0 Å². The molecule has 0 aliphatic carbocycles. The summed E-state index contributed by atoms with van der Waals surface area (Å²) in [7, 11) is -3.94. The highest BCUT2D eigenvalue weighted by atomic mass is 32.2. The highest BCUT2D eigenvalue weighted by Crippen LogP contribution is 2.10. The zero-order valence-corrected chi connectivity index (χ0v) is 15.9. The van der Waals surface area contributed by atoms with E-state index in [0.717, 1.165) is 12.8 Å². The summed E-state index contributed by atoms with van der Waals surface area (Å²) in [5.74, 6) is 2.57. The lowest BCUT2D eigenvalue weighted by molar-refractivity contribution is 0.100. The van der Waals surface area contributed by atoms with Crippen LogP contribution in [-0.2, 0) is 19.6 Å². The summed E-state index contributed by atoms with van der Waals surface area (Å²) in [6.45, 7) is 2.78. The molecule has 0 spiro atoms. The van der Waals surface area contributed by atoms with Crippen molar-refractivity contribution < 1.29 is 22.4 Å². The molecule has 142 valence electrons. The summed E-state index contributed by atoms with van der Waals surface area (Å²) in [5.41, 5.74) is 0. The fourth-order valence-corrected chi connectivity index (χ4v) is 2.55.